The van der Waals surface area contributed by atoms with Crippen molar-refractivity contribution in [2.45, 2.75) is 39.7 Å². The van der Waals surface area contributed by atoms with Crippen LogP contribution < -0.4 is 14.4 Å². The number of anilines is 1. The van der Waals surface area contributed by atoms with E-state index in [9.17, 15) is 13.2 Å². The van der Waals surface area contributed by atoms with Crippen LogP contribution in [0.4, 0.5) is 5.69 Å². The quantitative estimate of drug-likeness (QED) is 0.635. The van der Waals surface area contributed by atoms with E-state index >= 15 is 0 Å². The van der Waals surface area contributed by atoms with Crippen molar-refractivity contribution in [1.82, 2.24) is 5.32 Å². The van der Waals surface area contributed by atoms with Crippen LogP contribution in [0.25, 0.3) is 0 Å². The van der Waals surface area contributed by atoms with Crippen LogP contribution in [0.2, 0.25) is 0 Å². The van der Waals surface area contributed by atoms with E-state index in [2.05, 4.69) is 5.32 Å². The number of sulfonamides is 1. The minimum atomic E-state index is -3.62. The number of ether oxygens (including phenoxy) is 1. The predicted molar refractivity (Wildman–Crippen MR) is 117 cm³/mol. The van der Waals surface area contributed by atoms with Gasteiger partial charge in [-0.2, -0.15) is 0 Å². The van der Waals surface area contributed by atoms with Crippen molar-refractivity contribution < 1.29 is 17.9 Å². The van der Waals surface area contributed by atoms with E-state index in [0.717, 1.165) is 41.5 Å². The first-order valence-corrected chi connectivity index (χ1v) is 11.4. The van der Waals surface area contributed by atoms with E-state index in [4.69, 9.17) is 4.74 Å². The summed E-state index contributed by atoms with van der Waals surface area (Å²) in [6.07, 6.45) is 2.66. The van der Waals surface area contributed by atoms with Crippen LogP contribution in [0, 0.1) is 13.8 Å². The molecule has 0 fully saturated rings. The Bertz CT molecular complexity index is 937. The Balaban J connectivity index is 2.02. The molecule has 1 N–H and O–H groups in total. The Hall–Kier alpha value is -2.54. The van der Waals surface area contributed by atoms with E-state index in [1.165, 1.54) is 4.31 Å². The van der Waals surface area contributed by atoms with Crippen LogP contribution in [-0.2, 0) is 21.2 Å². The summed E-state index contributed by atoms with van der Waals surface area (Å²) >= 11 is 0. The monoisotopic (exact) mass is 418 g/mol. The topological polar surface area (TPSA) is 75.7 Å². The molecule has 0 aliphatic rings. The van der Waals surface area contributed by atoms with Gasteiger partial charge in [0.05, 0.1) is 19.1 Å². The molecule has 6 nitrogen and oxygen atoms in total. The first-order valence-electron chi connectivity index (χ1n) is 9.60. The Morgan fingerprint density at radius 3 is 2.38 bits per heavy atom. The third kappa shape index (κ3) is 6.49. The summed E-state index contributed by atoms with van der Waals surface area (Å²) < 4.78 is 31.2. The predicted octanol–water partition coefficient (Wildman–Crippen LogP) is 3.22. The van der Waals surface area contributed by atoms with E-state index in [1.54, 1.807) is 26.2 Å². The van der Waals surface area contributed by atoms with E-state index in [-0.39, 0.29) is 5.91 Å². The second-order valence-electron chi connectivity index (χ2n) is 7.33. The molecule has 158 valence electrons. The van der Waals surface area contributed by atoms with Crippen molar-refractivity contribution >= 4 is 21.6 Å². The lowest BCUT2D eigenvalue weighted by Crippen LogP contribution is -2.48. The molecule has 0 aliphatic heterocycles. The van der Waals surface area contributed by atoms with Gasteiger partial charge in [0, 0.05) is 6.54 Å². The van der Waals surface area contributed by atoms with Crippen molar-refractivity contribution in [1.29, 1.82) is 0 Å². The zero-order valence-electron chi connectivity index (χ0n) is 17.7. The summed E-state index contributed by atoms with van der Waals surface area (Å²) in [6.45, 7) is 5.88. The van der Waals surface area contributed by atoms with Crippen molar-refractivity contribution in [3.63, 3.8) is 0 Å². The van der Waals surface area contributed by atoms with E-state index in [0.29, 0.717) is 12.2 Å². The minimum absolute atomic E-state index is 0.319. The normalized spacial score (nSPS) is 12.3. The zero-order chi connectivity index (χ0) is 21.6. The molecule has 0 saturated carbocycles. The molecule has 2 aromatic carbocycles. The molecule has 2 rings (SSSR count). The number of aryl methyl sites for hydroxylation is 3. The molecule has 2 aromatic rings. The fraction of sp³-hybridized carbons (Fsp3) is 0.409. The lowest BCUT2D eigenvalue weighted by Gasteiger charge is -2.28. The standard InChI is InChI=1S/C22H30N2O4S/c1-16-12-17(2)14-20(13-16)24(29(5,26)27)18(3)22(25)23-11-7-9-19-8-6-10-21(15-19)28-4/h6,8,10,12-15,18H,7,9,11H2,1-5H3,(H,23,25)/t18-/m1/s1. The van der Waals surface area contributed by atoms with Crippen molar-refractivity contribution in [2.75, 3.05) is 24.2 Å². The maximum absolute atomic E-state index is 12.6. The number of hydrogen-bond acceptors (Lipinski definition) is 4. The summed E-state index contributed by atoms with van der Waals surface area (Å²) in [5.74, 6) is 0.484. The molecule has 0 aliphatic carbocycles. The Labute approximate surface area is 173 Å². The average molecular weight is 419 g/mol. The summed E-state index contributed by atoms with van der Waals surface area (Å²) in [6, 6.07) is 12.5. The number of nitrogens with zero attached hydrogens (tertiary/aromatic N) is 1. The number of rotatable bonds is 9. The number of carbonyl (C=O) groups excluding carboxylic acids is 1. The van der Waals surface area contributed by atoms with Crippen LogP contribution in [0.5, 0.6) is 5.75 Å². The third-order valence-electron chi connectivity index (χ3n) is 4.63. The van der Waals surface area contributed by atoms with Gasteiger partial charge in [-0.05, 0) is 74.6 Å². The van der Waals surface area contributed by atoms with Crippen LogP contribution in [0.15, 0.2) is 42.5 Å². The lowest BCUT2D eigenvalue weighted by molar-refractivity contribution is -0.121. The minimum Gasteiger partial charge on any atom is -0.497 e. The largest absolute Gasteiger partial charge is 0.497 e. The maximum Gasteiger partial charge on any atom is 0.243 e. The Morgan fingerprint density at radius 1 is 1.14 bits per heavy atom. The zero-order valence-corrected chi connectivity index (χ0v) is 18.5. The van der Waals surface area contributed by atoms with Gasteiger partial charge in [-0.3, -0.25) is 9.10 Å². The average Bonchev–Trinajstić information content (AvgIpc) is 2.63. The second-order valence-corrected chi connectivity index (χ2v) is 9.19. The summed E-state index contributed by atoms with van der Waals surface area (Å²) in [5.41, 5.74) is 3.52. The van der Waals surface area contributed by atoms with Crippen molar-refractivity contribution in [3.05, 3.63) is 59.2 Å². The maximum atomic E-state index is 12.6. The molecule has 0 saturated heterocycles. The van der Waals surface area contributed by atoms with Crippen LogP contribution >= 0.6 is 0 Å². The summed E-state index contributed by atoms with van der Waals surface area (Å²) in [7, 11) is -1.99. The molecule has 0 radical (unpaired) electrons. The van der Waals surface area contributed by atoms with Gasteiger partial charge in [0.15, 0.2) is 0 Å². The molecule has 0 bridgehead atoms. The number of carbonyl (C=O) groups is 1. The second kappa shape index (κ2) is 9.78. The van der Waals surface area contributed by atoms with Gasteiger partial charge in [0.1, 0.15) is 11.8 Å². The first-order chi connectivity index (χ1) is 13.6. The lowest BCUT2D eigenvalue weighted by atomic mass is 10.1. The summed E-state index contributed by atoms with van der Waals surface area (Å²) in [5, 5.41) is 2.86. The molecule has 0 spiro atoms. The fourth-order valence-corrected chi connectivity index (χ4v) is 4.52. The van der Waals surface area contributed by atoms with Crippen LogP contribution in [0.3, 0.4) is 0 Å². The third-order valence-corrected chi connectivity index (χ3v) is 5.87. The first kappa shape index (κ1) is 22.7. The number of amides is 1. The number of hydrogen-bond donors (Lipinski definition) is 1. The molecule has 1 amide bonds. The molecule has 29 heavy (non-hydrogen) atoms. The van der Waals surface area contributed by atoms with Crippen LogP contribution in [-0.4, -0.2) is 40.3 Å². The van der Waals surface area contributed by atoms with Crippen molar-refractivity contribution in [3.8, 4) is 5.75 Å². The molecule has 0 unspecified atom stereocenters. The smallest absolute Gasteiger partial charge is 0.243 e. The molecular weight excluding hydrogens is 388 g/mol. The molecule has 7 heteroatoms. The van der Waals surface area contributed by atoms with Crippen LogP contribution in [0.1, 0.15) is 30.0 Å². The molecule has 0 aromatic heterocycles. The van der Waals surface area contributed by atoms with Crippen molar-refractivity contribution in [2.24, 2.45) is 0 Å². The highest BCUT2D eigenvalue weighted by Gasteiger charge is 2.29. The Kier molecular flexibility index (Phi) is 7.67. The molecular formula is C22H30N2O4S. The highest BCUT2D eigenvalue weighted by Crippen LogP contribution is 2.24. The molecule has 1 atom stereocenters. The number of benzene rings is 2. The highest BCUT2D eigenvalue weighted by atomic mass is 32.2. The van der Waals surface area contributed by atoms with Gasteiger partial charge >= 0.3 is 0 Å². The summed E-state index contributed by atoms with van der Waals surface area (Å²) in [4.78, 5) is 12.6. The van der Waals surface area contributed by atoms with Gasteiger partial charge in [0.25, 0.3) is 0 Å². The number of nitrogens with one attached hydrogen (secondary N) is 1. The van der Waals surface area contributed by atoms with Gasteiger partial charge in [0.2, 0.25) is 15.9 Å². The fourth-order valence-electron chi connectivity index (χ4n) is 3.37. The van der Waals surface area contributed by atoms with Gasteiger partial charge in [-0.15, -0.1) is 0 Å². The van der Waals surface area contributed by atoms with E-state index in [1.807, 2.05) is 44.2 Å². The van der Waals surface area contributed by atoms with Gasteiger partial charge in [-0.1, -0.05) is 18.2 Å². The van der Waals surface area contributed by atoms with Gasteiger partial charge < -0.3 is 10.1 Å². The number of methoxy groups -OCH3 is 1. The Morgan fingerprint density at radius 2 is 1.79 bits per heavy atom. The van der Waals surface area contributed by atoms with E-state index < -0.39 is 16.1 Å². The SMILES string of the molecule is COc1cccc(CCCNC(=O)[C@@H](C)N(c2cc(C)cc(C)c2)S(C)(=O)=O)c1. The van der Waals surface area contributed by atoms with Gasteiger partial charge in [-0.25, -0.2) is 8.42 Å². The molecule has 0 heterocycles. The highest BCUT2D eigenvalue weighted by molar-refractivity contribution is 7.92.